The largest absolute Gasteiger partial charge is 0.485 e. The van der Waals surface area contributed by atoms with Crippen molar-refractivity contribution in [2.45, 2.75) is 20.1 Å². The Balaban J connectivity index is 2.13. The summed E-state index contributed by atoms with van der Waals surface area (Å²) in [6.45, 7) is 2.17. The van der Waals surface area contributed by atoms with Crippen molar-refractivity contribution in [2.24, 2.45) is 5.73 Å². The number of aromatic nitrogens is 1. The van der Waals surface area contributed by atoms with Crippen LogP contribution in [0.2, 0.25) is 0 Å². The van der Waals surface area contributed by atoms with Crippen LogP contribution in [-0.2, 0) is 13.2 Å². The minimum atomic E-state index is -0.469. The number of aryl methyl sites for hydroxylation is 1. The maximum absolute atomic E-state index is 10.7. The Morgan fingerprint density at radius 3 is 2.84 bits per heavy atom. The van der Waals surface area contributed by atoms with E-state index in [1.807, 2.05) is 6.92 Å². The predicted octanol–water partition coefficient (Wildman–Crippen LogP) is 1.93. The zero-order valence-corrected chi connectivity index (χ0v) is 10.3. The fourth-order valence-electron chi connectivity index (χ4n) is 1.61. The highest BCUT2D eigenvalue weighted by molar-refractivity contribution is 5.43. The zero-order valence-electron chi connectivity index (χ0n) is 10.3. The third-order valence-corrected chi connectivity index (χ3v) is 2.52. The van der Waals surface area contributed by atoms with Crippen LogP contribution in [0.15, 0.2) is 28.8 Å². The van der Waals surface area contributed by atoms with Crippen molar-refractivity contribution in [3.8, 4) is 5.75 Å². The molecular formula is C12H13N3O4. The number of ether oxygens (including phenoxy) is 1. The Labute approximate surface area is 109 Å². The number of rotatable bonds is 5. The van der Waals surface area contributed by atoms with Gasteiger partial charge in [0.15, 0.2) is 5.76 Å². The Hall–Kier alpha value is -2.41. The molecule has 1 aromatic heterocycles. The second kappa shape index (κ2) is 5.49. The van der Waals surface area contributed by atoms with E-state index in [1.54, 1.807) is 6.07 Å². The van der Waals surface area contributed by atoms with Gasteiger partial charge in [0.25, 0.3) is 5.69 Å². The topological polar surface area (TPSA) is 104 Å². The van der Waals surface area contributed by atoms with Gasteiger partial charge in [0, 0.05) is 30.3 Å². The number of benzene rings is 1. The molecule has 0 bridgehead atoms. The average molecular weight is 263 g/mol. The molecule has 7 heteroatoms. The molecule has 1 heterocycles. The van der Waals surface area contributed by atoms with E-state index >= 15 is 0 Å². The van der Waals surface area contributed by atoms with Crippen molar-refractivity contribution < 1.29 is 14.2 Å². The number of nitro groups is 1. The molecule has 0 amide bonds. The summed E-state index contributed by atoms with van der Waals surface area (Å²) in [5.41, 5.74) is 6.88. The first-order chi connectivity index (χ1) is 9.10. The van der Waals surface area contributed by atoms with E-state index in [1.165, 1.54) is 18.2 Å². The van der Waals surface area contributed by atoms with Crippen LogP contribution in [0, 0.1) is 17.0 Å². The number of nitrogens with two attached hydrogens (primary N) is 1. The highest BCUT2D eigenvalue weighted by Gasteiger charge is 2.11. The second-order valence-corrected chi connectivity index (χ2v) is 3.98. The van der Waals surface area contributed by atoms with Crippen LogP contribution < -0.4 is 10.5 Å². The summed E-state index contributed by atoms with van der Waals surface area (Å²) in [6, 6.07) is 6.07. The maximum Gasteiger partial charge on any atom is 0.270 e. The first kappa shape index (κ1) is 13.0. The van der Waals surface area contributed by atoms with E-state index in [-0.39, 0.29) is 18.8 Å². The van der Waals surface area contributed by atoms with Gasteiger partial charge in [0.1, 0.15) is 12.4 Å². The molecule has 0 radical (unpaired) electrons. The highest BCUT2D eigenvalue weighted by Crippen LogP contribution is 2.24. The summed E-state index contributed by atoms with van der Waals surface area (Å²) in [5, 5.41) is 14.4. The summed E-state index contributed by atoms with van der Waals surface area (Å²) < 4.78 is 10.5. The number of non-ortho nitro benzene ring substituents is 1. The van der Waals surface area contributed by atoms with Gasteiger partial charge in [-0.25, -0.2) is 0 Å². The SMILES string of the molecule is Cc1cc(COc2ccc([N+](=O)[O-])cc2CN)on1. The molecule has 19 heavy (non-hydrogen) atoms. The minimum Gasteiger partial charge on any atom is -0.485 e. The summed E-state index contributed by atoms with van der Waals surface area (Å²) >= 11 is 0. The van der Waals surface area contributed by atoms with Gasteiger partial charge in [-0.15, -0.1) is 0 Å². The lowest BCUT2D eigenvalue weighted by molar-refractivity contribution is -0.384. The molecule has 0 fully saturated rings. The lowest BCUT2D eigenvalue weighted by Crippen LogP contribution is -2.03. The highest BCUT2D eigenvalue weighted by atomic mass is 16.6. The van der Waals surface area contributed by atoms with E-state index in [2.05, 4.69) is 5.16 Å². The Bertz CT molecular complexity index is 594. The van der Waals surface area contributed by atoms with Crippen LogP contribution in [-0.4, -0.2) is 10.1 Å². The van der Waals surface area contributed by atoms with Crippen LogP contribution in [0.3, 0.4) is 0 Å². The Morgan fingerprint density at radius 1 is 1.47 bits per heavy atom. The van der Waals surface area contributed by atoms with Crippen LogP contribution in [0.1, 0.15) is 17.0 Å². The maximum atomic E-state index is 10.7. The number of hydrogen-bond donors (Lipinski definition) is 1. The van der Waals surface area contributed by atoms with Gasteiger partial charge in [-0.1, -0.05) is 5.16 Å². The van der Waals surface area contributed by atoms with Gasteiger partial charge in [-0.3, -0.25) is 10.1 Å². The molecule has 0 aliphatic heterocycles. The van der Waals surface area contributed by atoms with E-state index in [9.17, 15) is 10.1 Å². The zero-order chi connectivity index (χ0) is 13.8. The van der Waals surface area contributed by atoms with Crippen molar-refractivity contribution >= 4 is 5.69 Å². The molecule has 100 valence electrons. The molecule has 0 atom stereocenters. The molecule has 2 N–H and O–H groups in total. The minimum absolute atomic E-state index is 0.0108. The fourth-order valence-corrected chi connectivity index (χ4v) is 1.61. The van der Waals surface area contributed by atoms with Gasteiger partial charge >= 0.3 is 0 Å². The lowest BCUT2D eigenvalue weighted by atomic mass is 10.2. The molecular weight excluding hydrogens is 250 g/mol. The van der Waals surface area contributed by atoms with E-state index in [0.29, 0.717) is 17.1 Å². The van der Waals surface area contributed by atoms with Crippen LogP contribution >= 0.6 is 0 Å². The molecule has 0 aliphatic carbocycles. The number of nitrogens with zero attached hydrogens (tertiary/aromatic N) is 2. The monoisotopic (exact) mass is 263 g/mol. The van der Waals surface area contributed by atoms with Crippen LogP contribution in [0.25, 0.3) is 0 Å². The fraction of sp³-hybridized carbons (Fsp3) is 0.250. The standard InChI is InChI=1S/C12H13N3O4/c1-8-4-11(19-14-8)7-18-12-3-2-10(15(16)17)5-9(12)6-13/h2-5H,6-7,13H2,1H3. The molecule has 0 unspecified atom stereocenters. The van der Waals surface area contributed by atoms with Crippen molar-refractivity contribution in [3.05, 3.63) is 51.4 Å². The molecule has 0 saturated carbocycles. The third-order valence-electron chi connectivity index (χ3n) is 2.52. The summed E-state index contributed by atoms with van der Waals surface area (Å²) in [5.74, 6) is 1.08. The predicted molar refractivity (Wildman–Crippen MR) is 66.6 cm³/mol. The van der Waals surface area contributed by atoms with Gasteiger partial charge < -0.3 is 15.0 Å². The lowest BCUT2D eigenvalue weighted by Gasteiger charge is -2.08. The van der Waals surface area contributed by atoms with Crippen molar-refractivity contribution in [1.82, 2.24) is 5.16 Å². The summed E-state index contributed by atoms with van der Waals surface area (Å²) in [4.78, 5) is 10.2. The molecule has 2 aromatic rings. The Morgan fingerprint density at radius 2 is 2.26 bits per heavy atom. The molecule has 0 saturated heterocycles. The van der Waals surface area contributed by atoms with Crippen molar-refractivity contribution in [2.75, 3.05) is 0 Å². The van der Waals surface area contributed by atoms with Gasteiger partial charge in [-0.2, -0.15) is 0 Å². The van der Waals surface area contributed by atoms with Gasteiger partial charge in [-0.05, 0) is 13.0 Å². The average Bonchev–Trinajstić information content (AvgIpc) is 2.81. The van der Waals surface area contributed by atoms with E-state index in [4.69, 9.17) is 15.0 Å². The van der Waals surface area contributed by atoms with Crippen molar-refractivity contribution in [1.29, 1.82) is 0 Å². The smallest absolute Gasteiger partial charge is 0.270 e. The first-order valence-corrected chi connectivity index (χ1v) is 5.62. The number of nitro benzene ring substituents is 1. The van der Waals surface area contributed by atoms with Crippen LogP contribution in [0.4, 0.5) is 5.69 Å². The Kier molecular flexibility index (Phi) is 3.76. The number of hydrogen-bond acceptors (Lipinski definition) is 6. The first-order valence-electron chi connectivity index (χ1n) is 5.62. The van der Waals surface area contributed by atoms with E-state index in [0.717, 1.165) is 5.69 Å². The third kappa shape index (κ3) is 3.08. The van der Waals surface area contributed by atoms with Gasteiger partial charge in [0.2, 0.25) is 0 Å². The summed E-state index contributed by atoms with van der Waals surface area (Å²) in [6.07, 6.45) is 0. The van der Waals surface area contributed by atoms with E-state index < -0.39 is 4.92 Å². The van der Waals surface area contributed by atoms with Gasteiger partial charge in [0.05, 0.1) is 10.6 Å². The quantitative estimate of drug-likeness (QED) is 0.652. The normalized spacial score (nSPS) is 10.4. The molecule has 2 rings (SSSR count). The molecule has 1 aromatic carbocycles. The second-order valence-electron chi connectivity index (χ2n) is 3.98. The van der Waals surface area contributed by atoms with Crippen molar-refractivity contribution in [3.63, 3.8) is 0 Å². The van der Waals surface area contributed by atoms with Crippen LogP contribution in [0.5, 0.6) is 5.75 Å². The molecule has 7 nitrogen and oxygen atoms in total. The summed E-state index contributed by atoms with van der Waals surface area (Å²) in [7, 11) is 0. The molecule has 0 aliphatic rings. The molecule has 0 spiro atoms.